The summed E-state index contributed by atoms with van der Waals surface area (Å²) in [5.74, 6) is -0.677. The second-order valence-electron chi connectivity index (χ2n) is 11.5. The molecule has 0 aromatic rings. The van der Waals surface area contributed by atoms with E-state index in [0.717, 1.165) is 44.9 Å². The Labute approximate surface area is 289 Å². The first-order chi connectivity index (χ1) is 19.2. The van der Waals surface area contributed by atoms with Crippen molar-refractivity contribution in [2.24, 2.45) is 0 Å². The number of ether oxygens (including phenoxy) is 1. The van der Waals surface area contributed by atoms with E-state index in [1.165, 1.54) is 122 Å². The van der Waals surface area contributed by atoms with Crippen LogP contribution in [0.1, 0.15) is 194 Å². The van der Waals surface area contributed by atoms with Gasteiger partial charge in [0.25, 0.3) is 0 Å². The van der Waals surface area contributed by atoms with Gasteiger partial charge in [-0.15, -0.1) is 0 Å². The molecule has 0 heterocycles. The molecule has 0 radical (unpaired) electrons. The molecule has 0 aliphatic heterocycles. The Morgan fingerprint density at radius 1 is 0.439 bits per heavy atom. The minimum absolute atomic E-state index is 0. The summed E-state index contributed by atoms with van der Waals surface area (Å²) in [5.41, 5.74) is 0. The third-order valence-electron chi connectivity index (χ3n) is 7.54. The zero-order valence-electron chi connectivity index (χ0n) is 26.7. The van der Waals surface area contributed by atoms with Crippen molar-refractivity contribution >= 4 is 41.5 Å². The van der Waals surface area contributed by atoms with Gasteiger partial charge in [-0.05, 0) is 44.9 Å². The van der Waals surface area contributed by atoms with Crippen molar-refractivity contribution in [3.8, 4) is 0 Å². The molecule has 0 bridgehead atoms. The standard InChI is InChI=1S/C36H66O3.Fe.Na.H/c1-3-5-7-9-11-13-15-17-19-21-23-25-27-29-31-33-35(37)39-36(38)34-32-30-28-26-24-22-20-18-16-14-12-10-8-6-4-2;;;/h11,13,17,19H,3-10,12,14-16,18,20-34H2,1-2H3;;;/b13-11-,19-17-;;;. The topological polar surface area (TPSA) is 43.4 Å². The molecular formula is C36H67FeNaO3. The number of carbonyl (C=O) groups excluding carboxylic acids is 2. The molecule has 0 amide bonds. The number of unbranched alkanes of at least 4 members (excludes halogenated alkanes) is 22. The molecule has 0 N–H and O–H groups in total. The average molecular weight is 627 g/mol. The SMILES string of the molecule is CCCCC/C=C\C/C=C\CCCCCCCC(=O)OC(=O)CCCCCCCCCCCCCCCCC.[Fe].[NaH]. The Morgan fingerprint density at radius 2 is 0.732 bits per heavy atom. The minimum atomic E-state index is -0.341. The second kappa shape index (κ2) is 40.1. The predicted molar refractivity (Wildman–Crippen MR) is 177 cm³/mol. The molecule has 0 aromatic heterocycles. The van der Waals surface area contributed by atoms with Gasteiger partial charge < -0.3 is 4.74 Å². The third kappa shape index (κ3) is 40.1. The molecule has 0 spiro atoms. The van der Waals surface area contributed by atoms with Crippen LogP contribution >= 0.6 is 0 Å². The number of hydrogen-bond acceptors (Lipinski definition) is 3. The van der Waals surface area contributed by atoms with E-state index >= 15 is 0 Å². The zero-order valence-corrected chi connectivity index (χ0v) is 27.8. The van der Waals surface area contributed by atoms with Gasteiger partial charge in [0.15, 0.2) is 0 Å². The van der Waals surface area contributed by atoms with Crippen LogP contribution in [-0.4, -0.2) is 41.5 Å². The van der Waals surface area contributed by atoms with Gasteiger partial charge in [-0.25, -0.2) is 0 Å². The van der Waals surface area contributed by atoms with Crippen LogP contribution in [-0.2, 0) is 31.4 Å². The van der Waals surface area contributed by atoms with Crippen LogP contribution < -0.4 is 0 Å². The Kier molecular flexibility index (Phi) is 44.6. The van der Waals surface area contributed by atoms with Crippen molar-refractivity contribution in [3.63, 3.8) is 0 Å². The molecule has 0 saturated carbocycles. The molecule has 5 heteroatoms. The molecule has 3 nitrogen and oxygen atoms in total. The van der Waals surface area contributed by atoms with Gasteiger partial charge in [-0.2, -0.15) is 0 Å². The first-order valence-electron chi connectivity index (χ1n) is 17.2. The summed E-state index contributed by atoms with van der Waals surface area (Å²) in [4.78, 5) is 23.8. The molecule has 238 valence electrons. The van der Waals surface area contributed by atoms with E-state index in [9.17, 15) is 9.59 Å². The summed E-state index contributed by atoms with van der Waals surface area (Å²) >= 11 is 0. The summed E-state index contributed by atoms with van der Waals surface area (Å²) in [7, 11) is 0. The van der Waals surface area contributed by atoms with Gasteiger partial charge in [0.05, 0.1) is 0 Å². The summed E-state index contributed by atoms with van der Waals surface area (Å²) in [6.45, 7) is 4.52. The van der Waals surface area contributed by atoms with Crippen LogP contribution in [0.5, 0.6) is 0 Å². The van der Waals surface area contributed by atoms with E-state index in [-0.39, 0.29) is 58.6 Å². The van der Waals surface area contributed by atoms with Crippen LogP contribution in [0.25, 0.3) is 0 Å². The fraction of sp³-hybridized carbons (Fsp3) is 0.833. The quantitative estimate of drug-likeness (QED) is 0.0262. The van der Waals surface area contributed by atoms with E-state index in [1.807, 2.05) is 0 Å². The van der Waals surface area contributed by atoms with Crippen molar-refractivity contribution < 1.29 is 31.4 Å². The Hall–Kier alpha value is 0.139. The molecule has 0 rings (SSSR count). The van der Waals surface area contributed by atoms with Crippen LogP contribution in [0.15, 0.2) is 24.3 Å². The van der Waals surface area contributed by atoms with E-state index in [0.29, 0.717) is 12.8 Å². The molecular weight excluding hydrogens is 559 g/mol. The van der Waals surface area contributed by atoms with E-state index in [1.54, 1.807) is 0 Å². The Bertz CT molecular complexity index is 591. The number of allylic oxidation sites excluding steroid dienone is 4. The van der Waals surface area contributed by atoms with Crippen LogP contribution in [0.3, 0.4) is 0 Å². The number of esters is 2. The van der Waals surface area contributed by atoms with Crippen molar-refractivity contribution in [2.45, 2.75) is 194 Å². The fourth-order valence-corrected chi connectivity index (χ4v) is 4.95. The molecule has 0 saturated heterocycles. The Balaban J connectivity index is -0.00000722. The summed E-state index contributed by atoms with van der Waals surface area (Å²) in [5, 5.41) is 0. The first kappa shape index (κ1) is 45.6. The molecule has 41 heavy (non-hydrogen) atoms. The van der Waals surface area contributed by atoms with Crippen molar-refractivity contribution in [2.75, 3.05) is 0 Å². The Morgan fingerprint density at radius 3 is 1.12 bits per heavy atom. The van der Waals surface area contributed by atoms with E-state index < -0.39 is 0 Å². The van der Waals surface area contributed by atoms with Crippen molar-refractivity contribution in [3.05, 3.63) is 24.3 Å². The first-order valence-corrected chi connectivity index (χ1v) is 17.2. The van der Waals surface area contributed by atoms with E-state index in [2.05, 4.69) is 38.2 Å². The maximum absolute atomic E-state index is 11.9. The van der Waals surface area contributed by atoms with Crippen molar-refractivity contribution in [1.29, 1.82) is 0 Å². The van der Waals surface area contributed by atoms with Gasteiger partial charge in [0.1, 0.15) is 0 Å². The number of rotatable bonds is 30. The van der Waals surface area contributed by atoms with Gasteiger partial charge >= 0.3 is 41.5 Å². The van der Waals surface area contributed by atoms with Crippen molar-refractivity contribution in [1.82, 2.24) is 0 Å². The monoisotopic (exact) mass is 626 g/mol. The fourth-order valence-electron chi connectivity index (χ4n) is 4.95. The van der Waals surface area contributed by atoms with Gasteiger partial charge in [-0.3, -0.25) is 9.59 Å². The molecule has 0 atom stereocenters. The average Bonchev–Trinajstić information content (AvgIpc) is 2.93. The van der Waals surface area contributed by atoms with Crippen LogP contribution in [0.4, 0.5) is 0 Å². The summed E-state index contributed by atoms with van der Waals surface area (Å²) in [6.07, 6.45) is 42.2. The van der Waals surface area contributed by atoms with E-state index in [4.69, 9.17) is 4.74 Å². The molecule has 0 unspecified atom stereocenters. The molecule has 0 fully saturated rings. The maximum atomic E-state index is 11.9. The molecule has 0 aromatic carbocycles. The third-order valence-corrected chi connectivity index (χ3v) is 7.54. The summed E-state index contributed by atoms with van der Waals surface area (Å²) in [6, 6.07) is 0. The molecule has 0 aliphatic carbocycles. The van der Waals surface area contributed by atoms with Gasteiger partial charge in [0.2, 0.25) is 0 Å². The summed E-state index contributed by atoms with van der Waals surface area (Å²) < 4.78 is 5.00. The second-order valence-corrected chi connectivity index (χ2v) is 11.5. The number of carbonyl (C=O) groups is 2. The zero-order chi connectivity index (χ0) is 28.5. The van der Waals surface area contributed by atoms with Crippen LogP contribution in [0.2, 0.25) is 0 Å². The van der Waals surface area contributed by atoms with Gasteiger partial charge in [0, 0.05) is 29.9 Å². The normalized spacial score (nSPS) is 11.1. The predicted octanol–water partition coefficient (Wildman–Crippen LogP) is 11.5. The van der Waals surface area contributed by atoms with Crippen LogP contribution in [0, 0.1) is 0 Å². The molecule has 0 aliphatic rings. The number of hydrogen-bond donors (Lipinski definition) is 0. The van der Waals surface area contributed by atoms with Gasteiger partial charge in [-0.1, -0.05) is 160 Å².